The molecule has 2 aliphatic rings. The molecule has 1 aromatic carbocycles. The van der Waals surface area contributed by atoms with Crippen LogP contribution in [0.4, 0.5) is 10.1 Å². The maximum Gasteiger partial charge on any atom is 0.238 e. The number of hydrogen-bond acceptors (Lipinski definition) is 4. The maximum atomic E-state index is 13.8. The van der Waals surface area contributed by atoms with E-state index in [1.54, 1.807) is 0 Å². The fourth-order valence-corrected chi connectivity index (χ4v) is 3.75. The molecule has 1 N–H and O–H groups in total. The van der Waals surface area contributed by atoms with Gasteiger partial charge in [-0.1, -0.05) is 11.6 Å². The van der Waals surface area contributed by atoms with Crippen LogP contribution in [-0.4, -0.2) is 45.2 Å². The molecule has 1 aliphatic heterocycles. The van der Waals surface area contributed by atoms with Crippen LogP contribution in [0.3, 0.4) is 0 Å². The van der Waals surface area contributed by atoms with Gasteiger partial charge in [0.2, 0.25) is 5.91 Å². The van der Waals surface area contributed by atoms with Gasteiger partial charge in [-0.3, -0.25) is 9.69 Å². The number of nitrogens with one attached hydrogen (secondary N) is 1. The normalized spacial score (nSPS) is 20.9. The topological polar surface area (TPSA) is 63.1 Å². The van der Waals surface area contributed by atoms with Crippen molar-refractivity contribution in [2.24, 2.45) is 0 Å². The summed E-state index contributed by atoms with van der Waals surface area (Å²) in [5, 5.41) is 11.4. The number of carbonyl (C=O) groups excluding carboxylic acids is 1. The SMILES string of the molecule is O=C(CN1CCCC(c2nncn2C2CC2)C1)Nc1cc(Cl)ccc1F. The molecular formula is C18H21ClFN5O. The maximum absolute atomic E-state index is 13.8. The number of piperidine rings is 1. The summed E-state index contributed by atoms with van der Waals surface area (Å²) in [6, 6.07) is 4.67. The minimum absolute atomic E-state index is 0.115. The second kappa shape index (κ2) is 7.32. The van der Waals surface area contributed by atoms with Crippen molar-refractivity contribution >= 4 is 23.2 Å². The van der Waals surface area contributed by atoms with Crippen molar-refractivity contribution in [1.29, 1.82) is 0 Å². The molecule has 2 aromatic rings. The summed E-state index contributed by atoms with van der Waals surface area (Å²) in [4.78, 5) is 14.4. The molecule has 1 amide bonds. The van der Waals surface area contributed by atoms with E-state index in [9.17, 15) is 9.18 Å². The fraction of sp³-hybridized carbons (Fsp3) is 0.500. The van der Waals surface area contributed by atoms with Crippen molar-refractivity contribution in [3.63, 3.8) is 0 Å². The summed E-state index contributed by atoms with van der Waals surface area (Å²) in [5.41, 5.74) is 0.115. The van der Waals surface area contributed by atoms with E-state index in [4.69, 9.17) is 11.6 Å². The zero-order valence-electron chi connectivity index (χ0n) is 14.4. The number of carbonyl (C=O) groups is 1. The second-order valence-electron chi connectivity index (χ2n) is 7.07. The lowest BCUT2D eigenvalue weighted by molar-refractivity contribution is -0.117. The third-order valence-electron chi connectivity index (χ3n) is 4.98. The van der Waals surface area contributed by atoms with Crippen LogP contribution < -0.4 is 5.32 Å². The molecule has 1 aromatic heterocycles. The van der Waals surface area contributed by atoms with Gasteiger partial charge in [-0.2, -0.15) is 0 Å². The van der Waals surface area contributed by atoms with Crippen LogP contribution >= 0.6 is 11.6 Å². The van der Waals surface area contributed by atoms with E-state index < -0.39 is 5.82 Å². The zero-order chi connectivity index (χ0) is 18.1. The molecule has 1 unspecified atom stereocenters. The molecule has 1 aliphatic carbocycles. The van der Waals surface area contributed by atoms with Crippen molar-refractivity contribution in [3.05, 3.63) is 41.2 Å². The van der Waals surface area contributed by atoms with Crippen LogP contribution in [-0.2, 0) is 4.79 Å². The Morgan fingerprint density at radius 1 is 1.35 bits per heavy atom. The van der Waals surface area contributed by atoms with E-state index in [1.165, 1.54) is 31.0 Å². The third kappa shape index (κ3) is 3.88. The van der Waals surface area contributed by atoms with Crippen LogP contribution in [0.15, 0.2) is 24.5 Å². The van der Waals surface area contributed by atoms with E-state index in [2.05, 4.69) is 25.0 Å². The first-order chi connectivity index (χ1) is 12.6. The number of hydrogen-bond donors (Lipinski definition) is 1. The lowest BCUT2D eigenvalue weighted by Gasteiger charge is -2.31. The Labute approximate surface area is 156 Å². The quantitative estimate of drug-likeness (QED) is 0.869. The van der Waals surface area contributed by atoms with Crippen LogP contribution in [0.5, 0.6) is 0 Å². The van der Waals surface area contributed by atoms with E-state index in [0.717, 1.165) is 31.8 Å². The van der Waals surface area contributed by atoms with Crippen LogP contribution in [0.2, 0.25) is 5.02 Å². The average molecular weight is 378 g/mol. The molecule has 6 nitrogen and oxygen atoms in total. The Balaban J connectivity index is 1.38. The fourth-order valence-electron chi connectivity index (χ4n) is 3.57. The number of nitrogens with zero attached hydrogens (tertiary/aromatic N) is 4. The number of aromatic nitrogens is 3. The van der Waals surface area contributed by atoms with Gasteiger partial charge < -0.3 is 9.88 Å². The molecule has 2 fully saturated rings. The van der Waals surface area contributed by atoms with Crippen molar-refractivity contribution < 1.29 is 9.18 Å². The summed E-state index contributed by atoms with van der Waals surface area (Å²) in [5.74, 6) is 0.577. The molecule has 1 saturated heterocycles. The van der Waals surface area contributed by atoms with Gasteiger partial charge in [0.25, 0.3) is 0 Å². The Bertz CT molecular complexity index is 807. The smallest absolute Gasteiger partial charge is 0.238 e. The van der Waals surface area contributed by atoms with Gasteiger partial charge in [0.05, 0.1) is 12.2 Å². The highest BCUT2D eigenvalue weighted by molar-refractivity contribution is 6.30. The van der Waals surface area contributed by atoms with Crippen LogP contribution in [0.1, 0.15) is 43.5 Å². The number of anilines is 1. The predicted octanol–water partition coefficient (Wildman–Crippen LogP) is 3.22. The Hall–Kier alpha value is -1.99. The molecule has 1 saturated carbocycles. The van der Waals surface area contributed by atoms with Crippen molar-refractivity contribution in [3.8, 4) is 0 Å². The van der Waals surface area contributed by atoms with E-state index in [1.807, 2.05) is 6.33 Å². The zero-order valence-corrected chi connectivity index (χ0v) is 15.1. The molecule has 0 spiro atoms. The number of benzene rings is 1. The summed E-state index contributed by atoms with van der Waals surface area (Å²) < 4.78 is 16.0. The molecule has 4 rings (SSSR count). The second-order valence-corrected chi connectivity index (χ2v) is 7.51. The van der Waals surface area contributed by atoms with E-state index in [0.29, 0.717) is 11.1 Å². The molecule has 0 bridgehead atoms. The average Bonchev–Trinajstić information content (AvgIpc) is 3.35. The van der Waals surface area contributed by atoms with E-state index in [-0.39, 0.29) is 24.1 Å². The van der Waals surface area contributed by atoms with Gasteiger partial charge in [-0.25, -0.2) is 4.39 Å². The highest BCUT2D eigenvalue weighted by Crippen LogP contribution is 2.38. The number of likely N-dealkylation sites (tertiary alicyclic amines) is 1. The molecule has 26 heavy (non-hydrogen) atoms. The first-order valence-corrected chi connectivity index (χ1v) is 9.34. The van der Waals surface area contributed by atoms with Crippen LogP contribution in [0.25, 0.3) is 0 Å². The van der Waals surface area contributed by atoms with Gasteiger partial charge >= 0.3 is 0 Å². The summed E-state index contributed by atoms with van der Waals surface area (Å²) in [7, 11) is 0. The Morgan fingerprint density at radius 3 is 3.00 bits per heavy atom. The minimum atomic E-state index is -0.489. The van der Waals surface area contributed by atoms with Gasteiger partial charge in [-0.05, 0) is 50.4 Å². The summed E-state index contributed by atoms with van der Waals surface area (Å²) in [6.45, 7) is 1.83. The number of halogens is 2. The van der Waals surface area contributed by atoms with Gasteiger partial charge in [0.1, 0.15) is 18.0 Å². The largest absolute Gasteiger partial charge is 0.322 e. The van der Waals surface area contributed by atoms with Gasteiger partial charge in [-0.15, -0.1) is 10.2 Å². The van der Waals surface area contributed by atoms with Crippen molar-refractivity contribution in [2.75, 3.05) is 25.0 Å². The molecule has 0 radical (unpaired) electrons. The van der Waals surface area contributed by atoms with Crippen molar-refractivity contribution in [1.82, 2.24) is 19.7 Å². The summed E-state index contributed by atoms with van der Waals surface area (Å²) >= 11 is 5.87. The minimum Gasteiger partial charge on any atom is -0.322 e. The van der Waals surface area contributed by atoms with Gasteiger partial charge in [0.15, 0.2) is 0 Å². The first-order valence-electron chi connectivity index (χ1n) is 8.97. The molecule has 2 heterocycles. The monoisotopic (exact) mass is 377 g/mol. The Kier molecular flexibility index (Phi) is 4.91. The first kappa shape index (κ1) is 17.4. The Morgan fingerprint density at radius 2 is 2.19 bits per heavy atom. The molecule has 138 valence electrons. The highest BCUT2D eigenvalue weighted by atomic mass is 35.5. The highest BCUT2D eigenvalue weighted by Gasteiger charge is 2.31. The van der Waals surface area contributed by atoms with E-state index >= 15 is 0 Å². The predicted molar refractivity (Wildman–Crippen MR) is 96.7 cm³/mol. The standard InChI is InChI=1S/C18H21ClFN5O/c19-13-3-6-15(20)16(8-13)22-17(26)10-24-7-1-2-12(9-24)18-23-21-11-25(18)14-4-5-14/h3,6,8,11-12,14H,1-2,4-5,7,9-10H2,(H,22,26). The molecule has 1 atom stereocenters. The van der Waals surface area contributed by atoms with Gasteiger partial charge in [0, 0.05) is 23.5 Å². The number of rotatable bonds is 5. The lowest BCUT2D eigenvalue weighted by atomic mass is 9.97. The van der Waals surface area contributed by atoms with Crippen molar-refractivity contribution in [2.45, 2.75) is 37.6 Å². The summed E-state index contributed by atoms with van der Waals surface area (Å²) in [6.07, 6.45) is 6.25. The van der Waals surface area contributed by atoms with Crippen LogP contribution in [0, 0.1) is 5.82 Å². The molecule has 8 heteroatoms. The lowest BCUT2D eigenvalue weighted by Crippen LogP contribution is -2.40. The molecular weight excluding hydrogens is 357 g/mol. The third-order valence-corrected chi connectivity index (χ3v) is 5.22. The number of amides is 1.